The molecule has 0 unspecified atom stereocenters. The number of methoxy groups -OCH3 is 1. The van der Waals surface area contributed by atoms with E-state index in [9.17, 15) is 9.59 Å². The molecule has 2 aromatic carbocycles. The Morgan fingerprint density at radius 1 is 1.12 bits per heavy atom. The first-order valence-electron chi connectivity index (χ1n) is 8.34. The van der Waals surface area contributed by atoms with E-state index in [4.69, 9.17) is 4.74 Å². The predicted octanol–water partition coefficient (Wildman–Crippen LogP) is 3.42. The molecular weight excluding hydrogens is 328 g/mol. The van der Waals surface area contributed by atoms with Crippen LogP contribution in [0.25, 0.3) is 6.08 Å². The van der Waals surface area contributed by atoms with E-state index in [-0.39, 0.29) is 18.4 Å². The summed E-state index contributed by atoms with van der Waals surface area (Å²) in [5.41, 5.74) is 3.63. The van der Waals surface area contributed by atoms with Gasteiger partial charge in [-0.2, -0.15) is 0 Å². The van der Waals surface area contributed by atoms with Crippen molar-refractivity contribution in [3.63, 3.8) is 0 Å². The van der Waals surface area contributed by atoms with Gasteiger partial charge in [0.1, 0.15) is 5.75 Å². The molecule has 2 rings (SSSR count). The van der Waals surface area contributed by atoms with E-state index in [0.29, 0.717) is 0 Å². The van der Waals surface area contributed by atoms with Crippen LogP contribution >= 0.6 is 0 Å². The van der Waals surface area contributed by atoms with Crippen LogP contribution in [-0.2, 0) is 9.59 Å². The fourth-order valence-electron chi connectivity index (χ4n) is 2.52. The topological polar surface area (TPSA) is 58.6 Å². The van der Waals surface area contributed by atoms with Crippen LogP contribution in [0, 0.1) is 13.8 Å². The van der Waals surface area contributed by atoms with Crippen LogP contribution in [0.4, 0.5) is 5.69 Å². The Morgan fingerprint density at radius 2 is 1.77 bits per heavy atom. The van der Waals surface area contributed by atoms with Gasteiger partial charge < -0.3 is 15.0 Å². The Bertz CT molecular complexity index is 808. The van der Waals surface area contributed by atoms with E-state index >= 15 is 0 Å². The highest BCUT2D eigenvalue weighted by Crippen LogP contribution is 2.19. The molecule has 0 spiro atoms. The number of ether oxygens (including phenoxy) is 1. The second kappa shape index (κ2) is 8.85. The van der Waals surface area contributed by atoms with Crippen LogP contribution in [0.3, 0.4) is 0 Å². The van der Waals surface area contributed by atoms with Crippen molar-refractivity contribution in [1.29, 1.82) is 0 Å². The number of amides is 2. The number of anilines is 1. The number of rotatable bonds is 6. The molecule has 0 aliphatic carbocycles. The number of nitrogens with zero attached hydrogens (tertiary/aromatic N) is 1. The summed E-state index contributed by atoms with van der Waals surface area (Å²) in [5.74, 6) is 0.249. The molecule has 0 atom stereocenters. The van der Waals surface area contributed by atoms with Gasteiger partial charge in [-0.3, -0.25) is 9.59 Å². The van der Waals surface area contributed by atoms with Crippen LogP contribution in [0.15, 0.2) is 48.5 Å². The van der Waals surface area contributed by atoms with Gasteiger partial charge in [-0.15, -0.1) is 0 Å². The van der Waals surface area contributed by atoms with Gasteiger partial charge in [-0.1, -0.05) is 30.3 Å². The molecule has 1 N–H and O–H groups in total. The number of aryl methyl sites for hydroxylation is 2. The Morgan fingerprint density at radius 3 is 2.42 bits per heavy atom. The Labute approximate surface area is 154 Å². The first kappa shape index (κ1) is 19.2. The van der Waals surface area contributed by atoms with Crippen LogP contribution in [0.1, 0.15) is 16.7 Å². The van der Waals surface area contributed by atoms with Gasteiger partial charge >= 0.3 is 0 Å². The Balaban J connectivity index is 1.95. The summed E-state index contributed by atoms with van der Waals surface area (Å²) in [5, 5.41) is 2.88. The molecule has 5 nitrogen and oxygen atoms in total. The van der Waals surface area contributed by atoms with Gasteiger partial charge in [-0.25, -0.2) is 0 Å². The summed E-state index contributed by atoms with van der Waals surface area (Å²) in [7, 11) is 3.19. The summed E-state index contributed by atoms with van der Waals surface area (Å²) < 4.78 is 5.16. The SMILES string of the molecule is COc1cccc(/C=C/C(=O)N(C)CC(=O)Nc2c(C)cccc2C)c1. The minimum atomic E-state index is -0.246. The minimum Gasteiger partial charge on any atom is -0.497 e. The zero-order chi connectivity index (χ0) is 19.1. The number of hydrogen-bond acceptors (Lipinski definition) is 3. The second-order valence-electron chi connectivity index (χ2n) is 6.12. The maximum absolute atomic E-state index is 12.2. The third kappa shape index (κ3) is 5.21. The van der Waals surface area contributed by atoms with Gasteiger partial charge in [0, 0.05) is 18.8 Å². The van der Waals surface area contributed by atoms with E-state index in [0.717, 1.165) is 28.1 Å². The molecule has 26 heavy (non-hydrogen) atoms. The number of hydrogen-bond donors (Lipinski definition) is 1. The fourth-order valence-corrected chi connectivity index (χ4v) is 2.52. The van der Waals surface area contributed by atoms with Gasteiger partial charge in [0.15, 0.2) is 0 Å². The van der Waals surface area contributed by atoms with Crippen molar-refractivity contribution in [2.24, 2.45) is 0 Å². The Hall–Kier alpha value is -3.08. The second-order valence-corrected chi connectivity index (χ2v) is 6.12. The number of nitrogens with one attached hydrogen (secondary N) is 1. The van der Waals surface area contributed by atoms with E-state index in [1.54, 1.807) is 20.2 Å². The van der Waals surface area contributed by atoms with Crippen LogP contribution in [-0.4, -0.2) is 37.4 Å². The molecule has 0 radical (unpaired) electrons. The molecule has 0 aliphatic rings. The lowest BCUT2D eigenvalue weighted by Crippen LogP contribution is -2.34. The smallest absolute Gasteiger partial charge is 0.246 e. The van der Waals surface area contributed by atoms with Gasteiger partial charge in [-0.05, 0) is 48.7 Å². The maximum atomic E-state index is 12.2. The van der Waals surface area contributed by atoms with Crippen LogP contribution < -0.4 is 10.1 Å². The molecule has 2 aromatic rings. The fraction of sp³-hybridized carbons (Fsp3) is 0.238. The number of carbonyl (C=O) groups is 2. The lowest BCUT2D eigenvalue weighted by molar-refractivity contribution is -0.129. The van der Waals surface area contributed by atoms with E-state index in [1.165, 1.54) is 11.0 Å². The molecule has 0 heterocycles. The maximum Gasteiger partial charge on any atom is 0.246 e. The number of benzene rings is 2. The molecule has 5 heteroatoms. The quantitative estimate of drug-likeness (QED) is 0.811. The number of para-hydroxylation sites is 1. The molecule has 0 aromatic heterocycles. The van der Waals surface area contributed by atoms with Crippen molar-refractivity contribution in [2.75, 3.05) is 26.0 Å². The molecule has 0 bridgehead atoms. The highest BCUT2D eigenvalue weighted by atomic mass is 16.5. The van der Waals surface area contributed by atoms with Crippen molar-refractivity contribution in [2.45, 2.75) is 13.8 Å². The largest absolute Gasteiger partial charge is 0.497 e. The molecule has 0 aliphatic heterocycles. The van der Waals surface area contributed by atoms with E-state index < -0.39 is 0 Å². The molecule has 0 saturated heterocycles. The highest BCUT2D eigenvalue weighted by Gasteiger charge is 2.12. The van der Waals surface area contributed by atoms with Gasteiger partial charge in [0.25, 0.3) is 0 Å². The minimum absolute atomic E-state index is 0.0188. The summed E-state index contributed by atoms with van der Waals surface area (Å²) in [6, 6.07) is 13.2. The molecule has 2 amide bonds. The number of carbonyl (C=O) groups excluding carboxylic acids is 2. The standard InChI is InChI=1S/C21H24N2O3/c1-15-7-5-8-16(2)21(15)22-19(24)14-23(3)20(25)12-11-17-9-6-10-18(13-17)26-4/h5-13H,14H2,1-4H3,(H,22,24)/b12-11+. The molecular formula is C21H24N2O3. The third-order valence-corrected chi connectivity index (χ3v) is 4.01. The summed E-state index contributed by atoms with van der Waals surface area (Å²) >= 11 is 0. The zero-order valence-corrected chi connectivity index (χ0v) is 15.6. The highest BCUT2D eigenvalue weighted by molar-refractivity contribution is 5.98. The van der Waals surface area contributed by atoms with Crippen molar-refractivity contribution in [3.8, 4) is 5.75 Å². The molecule has 136 valence electrons. The molecule has 0 saturated carbocycles. The Kier molecular flexibility index (Phi) is 6.55. The van der Waals surface area contributed by atoms with E-state index in [1.807, 2.05) is 56.3 Å². The summed E-state index contributed by atoms with van der Waals surface area (Å²) in [6.45, 7) is 3.86. The van der Waals surface area contributed by atoms with Crippen molar-refractivity contribution in [3.05, 3.63) is 65.2 Å². The predicted molar refractivity (Wildman–Crippen MR) is 104 cm³/mol. The lowest BCUT2D eigenvalue weighted by atomic mass is 10.1. The zero-order valence-electron chi connectivity index (χ0n) is 15.6. The average molecular weight is 352 g/mol. The normalized spacial score (nSPS) is 10.6. The summed E-state index contributed by atoms with van der Waals surface area (Å²) in [4.78, 5) is 25.8. The first-order chi connectivity index (χ1) is 12.4. The first-order valence-corrected chi connectivity index (χ1v) is 8.34. The van der Waals surface area contributed by atoms with Gasteiger partial charge in [0.05, 0.1) is 13.7 Å². The summed E-state index contributed by atoms with van der Waals surface area (Å²) in [6.07, 6.45) is 3.14. The van der Waals surface area contributed by atoms with Crippen molar-refractivity contribution < 1.29 is 14.3 Å². The van der Waals surface area contributed by atoms with Gasteiger partial charge in [0.2, 0.25) is 11.8 Å². The lowest BCUT2D eigenvalue weighted by Gasteiger charge is -2.16. The molecule has 0 fully saturated rings. The van der Waals surface area contributed by atoms with E-state index in [2.05, 4.69) is 5.32 Å². The third-order valence-electron chi connectivity index (χ3n) is 4.01. The monoisotopic (exact) mass is 352 g/mol. The van der Waals surface area contributed by atoms with Crippen molar-refractivity contribution >= 4 is 23.6 Å². The average Bonchev–Trinajstić information content (AvgIpc) is 2.63. The van der Waals surface area contributed by atoms with Crippen LogP contribution in [0.5, 0.6) is 5.75 Å². The number of likely N-dealkylation sites (N-methyl/N-ethyl adjacent to an activating group) is 1. The van der Waals surface area contributed by atoms with Crippen LogP contribution in [0.2, 0.25) is 0 Å². The van der Waals surface area contributed by atoms with Crippen molar-refractivity contribution in [1.82, 2.24) is 4.90 Å².